The van der Waals surface area contributed by atoms with E-state index in [4.69, 9.17) is 15.0 Å². The zero-order valence-electron chi connectivity index (χ0n) is 19.4. The van der Waals surface area contributed by atoms with Gasteiger partial charge in [-0.25, -0.2) is 14.8 Å². The third-order valence-corrected chi connectivity index (χ3v) is 7.83. The molecule has 3 aliphatic rings. The predicted molar refractivity (Wildman–Crippen MR) is 135 cm³/mol. The van der Waals surface area contributed by atoms with Gasteiger partial charge in [-0.3, -0.25) is 14.5 Å². The van der Waals surface area contributed by atoms with E-state index in [1.165, 1.54) is 30.2 Å². The average molecular weight is 544 g/mol. The number of carboxylic acids is 1. The van der Waals surface area contributed by atoms with Crippen molar-refractivity contribution in [3.63, 3.8) is 0 Å². The number of nitrogens with zero attached hydrogens (tertiary/aromatic N) is 5. The van der Waals surface area contributed by atoms with E-state index in [0.717, 1.165) is 16.9 Å². The monoisotopic (exact) mass is 543 g/mol. The number of allylic oxidation sites excluding steroid dienone is 2. The molecule has 0 aliphatic carbocycles. The molecule has 1 saturated heterocycles. The summed E-state index contributed by atoms with van der Waals surface area (Å²) in [6.07, 6.45) is 8.64. The number of hydrogen-bond acceptors (Lipinski definition) is 12. The number of nitrogen functional groups attached to an aromatic ring is 1. The van der Waals surface area contributed by atoms with Gasteiger partial charge in [-0.2, -0.15) is 0 Å². The minimum Gasteiger partial charge on any atom is -0.477 e. The number of oxazole rings is 1. The summed E-state index contributed by atoms with van der Waals surface area (Å²) < 4.78 is 5.31. The Morgan fingerprint density at radius 3 is 2.89 bits per heavy atom. The Labute approximate surface area is 218 Å². The Balaban J connectivity index is 1.28. The first-order valence-corrected chi connectivity index (χ1v) is 12.8. The highest BCUT2D eigenvalue weighted by molar-refractivity contribution is 8.00. The van der Waals surface area contributed by atoms with Crippen molar-refractivity contribution in [1.82, 2.24) is 25.1 Å². The van der Waals surface area contributed by atoms with Gasteiger partial charge in [0.15, 0.2) is 23.0 Å². The van der Waals surface area contributed by atoms with Crippen LogP contribution in [0.15, 0.2) is 57.2 Å². The van der Waals surface area contributed by atoms with Crippen molar-refractivity contribution in [2.45, 2.75) is 11.4 Å². The highest BCUT2D eigenvalue weighted by atomic mass is 32.2. The van der Waals surface area contributed by atoms with Gasteiger partial charge < -0.3 is 30.3 Å². The van der Waals surface area contributed by atoms with Gasteiger partial charge in [0.25, 0.3) is 11.8 Å². The first-order chi connectivity index (χ1) is 17.9. The number of nitrogens with one attached hydrogen (secondary N) is 1. The number of aromatic nitrogens is 2. The number of oxime groups is 1. The molecule has 1 fully saturated rings. The molecular formula is C22H21N7O6S2. The van der Waals surface area contributed by atoms with Crippen molar-refractivity contribution in [3.8, 4) is 0 Å². The topological polar surface area (TPSA) is 176 Å². The Morgan fingerprint density at radius 2 is 2.27 bits per heavy atom. The summed E-state index contributed by atoms with van der Waals surface area (Å²) in [7, 11) is 1.28. The van der Waals surface area contributed by atoms with Gasteiger partial charge in [0.2, 0.25) is 0 Å². The summed E-state index contributed by atoms with van der Waals surface area (Å²) in [6.45, 7) is 0.862. The molecule has 3 aliphatic heterocycles. The van der Waals surface area contributed by atoms with Gasteiger partial charge in [-0.1, -0.05) is 11.2 Å². The van der Waals surface area contributed by atoms with Crippen LogP contribution in [0.3, 0.4) is 0 Å². The van der Waals surface area contributed by atoms with Crippen LogP contribution in [0, 0.1) is 0 Å². The molecule has 0 spiro atoms. The number of thiazole rings is 1. The van der Waals surface area contributed by atoms with Crippen LogP contribution in [-0.4, -0.2) is 85.7 Å². The molecule has 37 heavy (non-hydrogen) atoms. The fourth-order valence-corrected chi connectivity index (χ4v) is 6.02. The van der Waals surface area contributed by atoms with Crippen molar-refractivity contribution in [2.24, 2.45) is 5.16 Å². The van der Waals surface area contributed by atoms with Crippen LogP contribution in [0.1, 0.15) is 11.5 Å². The zero-order chi connectivity index (χ0) is 26.1. The van der Waals surface area contributed by atoms with Gasteiger partial charge in [0.1, 0.15) is 29.9 Å². The first kappa shape index (κ1) is 24.6. The molecule has 0 saturated carbocycles. The van der Waals surface area contributed by atoms with E-state index in [0.29, 0.717) is 30.2 Å². The van der Waals surface area contributed by atoms with Gasteiger partial charge in [0, 0.05) is 36.0 Å². The normalized spacial score (nSPS) is 21.4. The SMILES string of the molecule is CO/N=C(/C(=O)N[C@@H]1C(=O)N2C(C(=O)O)=C(CN3C=CC(c4cnco4)=CC3)CS[C@H]12)c1csc(N)n1. The molecule has 4 N–H and O–H groups in total. The molecule has 13 nitrogen and oxygen atoms in total. The van der Waals surface area contributed by atoms with E-state index in [1.807, 2.05) is 23.3 Å². The van der Waals surface area contributed by atoms with Crippen LogP contribution in [0.25, 0.3) is 5.57 Å². The average Bonchev–Trinajstić information content (AvgIpc) is 3.58. The standard InChI is InChI=1S/C22H21N7O6S2/c1-34-27-15(13-9-37-22(23)25-13)18(30)26-16-19(31)29-17(21(32)33)12(8-36-20(16)29)7-28-4-2-11(3-5-28)14-6-24-10-35-14/h2-4,6,9-10,16,20H,5,7-8H2,1H3,(H2,23,25)(H,26,30)(H,32,33)/b27-15+/t16-,20-/m1/s1. The first-order valence-electron chi connectivity index (χ1n) is 10.9. The van der Waals surface area contributed by atoms with E-state index in [9.17, 15) is 19.5 Å². The molecule has 2 aromatic rings. The molecule has 2 amide bonds. The summed E-state index contributed by atoms with van der Waals surface area (Å²) in [5.74, 6) is -1.36. The molecule has 0 aromatic carbocycles. The van der Waals surface area contributed by atoms with Crippen LogP contribution in [0.5, 0.6) is 0 Å². The Bertz CT molecular complexity index is 1360. The number of carbonyl (C=O) groups excluding carboxylic acids is 2. The number of anilines is 1. The minimum absolute atomic E-state index is 0.0595. The van der Waals surface area contributed by atoms with Crippen LogP contribution in [0.4, 0.5) is 5.13 Å². The van der Waals surface area contributed by atoms with Crippen molar-refractivity contribution >= 4 is 57.3 Å². The molecule has 5 heterocycles. The number of aliphatic carboxylic acids is 1. The van der Waals surface area contributed by atoms with Gasteiger partial charge >= 0.3 is 5.97 Å². The second-order valence-electron chi connectivity index (χ2n) is 8.08. The summed E-state index contributed by atoms with van der Waals surface area (Å²) in [5, 5.41) is 17.5. The van der Waals surface area contributed by atoms with E-state index in [1.54, 1.807) is 11.6 Å². The van der Waals surface area contributed by atoms with E-state index in [-0.39, 0.29) is 22.2 Å². The van der Waals surface area contributed by atoms with Crippen molar-refractivity contribution in [3.05, 3.63) is 59.0 Å². The second-order valence-corrected chi connectivity index (χ2v) is 10.1. The summed E-state index contributed by atoms with van der Waals surface area (Å²) in [5.41, 5.74) is 7.16. The summed E-state index contributed by atoms with van der Waals surface area (Å²) in [4.78, 5) is 54.0. The zero-order valence-corrected chi connectivity index (χ0v) is 21.0. The maximum atomic E-state index is 13.0. The molecule has 192 valence electrons. The lowest BCUT2D eigenvalue weighted by molar-refractivity contribution is -0.150. The number of carboxylic acid groups (broad SMARTS) is 1. The van der Waals surface area contributed by atoms with Crippen molar-refractivity contribution in [2.75, 3.05) is 31.7 Å². The third-order valence-electron chi connectivity index (χ3n) is 5.82. The van der Waals surface area contributed by atoms with Crippen molar-refractivity contribution < 1.29 is 28.7 Å². The highest BCUT2D eigenvalue weighted by Crippen LogP contribution is 2.40. The number of hydrogen-bond donors (Lipinski definition) is 3. The maximum absolute atomic E-state index is 13.0. The number of carbonyl (C=O) groups is 3. The van der Waals surface area contributed by atoms with Crippen LogP contribution < -0.4 is 11.1 Å². The lowest BCUT2D eigenvalue weighted by atomic mass is 10.0. The lowest BCUT2D eigenvalue weighted by Gasteiger charge is -2.49. The molecule has 2 aromatic heterocycles. The maximum Gasteiger partial charge on any atom is 0.352 e. The number of nitrogens with two attached hydrogens (primary N) is 1. The quantitative estimate of drug-likeness (QED) is 0.243. The summed E-state index contributed by atoms with van der Waals surface area (Å²) in [6, 6.07) is -0.922. The number of rotatable bonds is 8. The molecule has 15 heteroatoms. The Kier molecular flexibility index (Phi) is 6.71. The molecule has 2 atom stereocenters. The minimum atomic E-state index is -1.20. The van der Waals surface area contributed by atoms with E-state index in [2.05, 4.69) is 20.4 Å². The molecule has 0 bridgehead atoms. The number of β-lactam (4-membered cyclic amide) rings is 1. The van der Waals surface area contributed by atoms with E-state index < -0.39 is 29.2 Å². The number of fused-ring (bicyclic) bond motifs is 1. The molecule has 0 unspecified atom stereocenters. The third kappa shape index (κ3) is 4.70. The molecule has 0 radical (unpaired) electrons. The Morgan fingerprint density at radius 1 is 1.43 bits per heavy atom. The van der Waals surface area contributed by atoms with E-state index >= 15 is 0 Å². The smallest absolute Gasteiger partial charge is 0.352 e. The van der Waals surface area contributed by atoms with Gasteiger partial charge in [-0.05, 0) is 11.6 Å². The largest absolute Gasteiger partial charge is 0.477 e. The second kappa shape index (κ2) is 10.1. The Hall–Kier alpha value is -4.11. The number of thioether (sulfide) groups is 1. The highest BCUT2D eigenvalue weighted by Gasteiger charge is 2.54. The van der Waals surface area contributed by atoms with Crippen molar-refractivity contribution in [1.29, 1.82) is 0 Å². The van der Waals surface area contributed by atoms with Gasteiger partial charge in [0.05, 0.1) is 6.20 Å². The van der Waals surface area contributed by atoms with Crippen LogP contribution in [0.2, 0.25) is 0 Å². The predicted octanol–water partition coefficient (Wildman–Crippen LogP) is 0.715. The number of amides is 2. The molecule has 5 rings (SSSR count). The van der Waals surface area contributed by atoms with Crippen LogP contribution >= 0.6 is 23.1 Å². The lowest BCUT2D eigenvalue weighted by Crippen LogP contribution is -2.71. The fourth-order valence-electron chi connectivity index (χ4n) is 4.14. The summed E-state index contributed by atoms with van der Waals surface area (Å²) >= 11 is 2.51. The fraction of sp³-hybridized carbons (Fsp3) is 0.273. The van der Waals surface area contributed by atoms with Gasteiger partial charge in [-0.15, -0.1) is 23.1 Å². The van der Waals surface area contributed by atoms with Crippen LogP contribution in [-0.2, 0) is 19.2 Å². The molecular weight excluding hydrogens is 522 g/mol.